The van der Waals surface area contributed by atoms with Crippen LogP contribution in [-0.2, 0) is 9.59 Å². The lowest BCUT2D eigenvalue weighted by atomic mass is 9.93. The van der Waals surface area contributed by atoms with Crippen LogP contribution < -0.4 is 0 Å². The maximum Gasteiger partial charge on any atom is 0.226 e. The van der Waals surface area contributed by atoms with Gasteiger partial charge in [-0.1, -0.05) is 35.9 Å². The molecule has 23 heavy (non-hydrogen) atoms. The molecule has 0 spiro atoms. The minimum Gasteiger partial charge on any atom is -0.346 e. The van der Waals surface area contributed by atoms with Crippen molar-refractivity contribution >= 4 is 17.4 Å². The second-order valence-corrected chi connectivity index (χ2v) is 6.63. The highest BCUT2D eigenvalue weighted by Gasteiger charge is 2.32. The largest absolute Gasteiger partial charge is 0.346 e. The van der Waals surface area contributed by atoms with Gasteiger partial charge >= 0.3 is 0 Å². The molecule has 1 atom stereocenters. The molecular formula is C19H24N2O2. The predicted molar refractivity (Wildman–Crippen MR) is 90.7 cm³/mol. The van der Waals surface area contributed by atoms with E-state index in [1.807, 2.05) is 4.90 Å². The molecule has 0 aromatic heterocycles. The van der Waals surface area contributed by atoms with Crippen molar-refractivity contribution in [3.05, 3.63) is 41.5 Å². The fourth-order valence-electron chi connectivity index (χ4n) is 3.31. The number of likely N-dealkylation sites (tertiary alicyclic amines) is 1. The lowest BCUT2D eigenvalue weighted by molar-refractivity contribution is -0.144. The number of carbonyl (C=O) groups excluding carboxylic acids is 2. The molecule has 4 nitrogen and oxygen atoms in total. The molecule has 2 heterocycles. The number of rotatable bonds is 2. The maximum absolute atomic E-state index is 12.6. The van der Waals surface area contributed by atoms with Gasteiger partial charge in [0.15, 0.2) is 0 Å². The van der Waals surface area contributed by atoms with Crippen LogP contribution in [0.2, 0.25) is 0 Å². The van der Waals surface area contributed by atoms with Crippen molar-refractivity contribution in [3.8, 4) is 0 Å². The first kappa shape index (κ1) is 15.8. The molecule has 0 radical (unpaired) electrons. The summed E-state index contributed by atoms with van der Waals surface area (Å²) in [5, 5.41) is 0. The molecule has 1 fully saturated rings. The van der Waals surface area contributed by atoms with E-state index in [1.165, 1.54) is 16.7 Å². The zero-order valence-electron chi connectivity index (χ0n) is 13.9. The number of hydrogen-bond acceptors (Lipinski definition) is 2. The normalized spacial score (nSPS) is 22.1. The van der Waals surface area contributed by atoms with Gasteiger partial charge in [-0.2, -0.15) is 0 Å². The smallest absolute Gasteiger partial charge is 0.226 e. The van der Waals surface area contributed by atoms with E-state index in [0.29, 0.717) is 19.5 Å². The molecule has 0 N–H and O–H groups in total. The fourth-order valence-corrected chi connectivity index (χ4v) is 3.31. The Labute approximate surface area is 137 Å². The van der Waals surface area contributed by atoms with Crippen LogP contribution in [0.3, 0.4) is 0 Å². The molecule has 122 valence electrons. The van der Waals surface area contributed by atoms with Crippen LogP contribution in [0, 0.1) is 12.8 Å². The second kappa shape index (κ2) is 6.57. The summed E-state index contributed by atoms with van der Waals surface area (Å²) in [6.07, 6.45) is 4.19. The Kier molecular flexibility index (Phi) is 4.51. The number of amides is 2. The molecule has 2 aliphatic heterocycles. The van der Waals surface area contributed by atoms with Crippen LogP contribution in [0.4, 0.5) is 0 Å². The summed E-state index contributed by atoms with van der Waals surface area (Å²) in [5.74, 6) is 0.0983. The van der Waals surface area contributed by atoms with E-state index in [2.05, 4.69) is 37.3 Å². The summed E-state index contributed by atoms with van der Waals surface area (Å²) in [4.78, 5) is 28.0. The summed E-state index contributed by atoms with van der Waals surface area (Å²) in [6.45, 7) is 4.18. The highest BCUT2D eigenvalue weighted by Crippen LogP contribution is 2.25. The second-order valence-electron chi connectivity index (χ2n) is 6.63. The Balaban J connectivity index is 1.62. The highest BCUT2D eigenvalue weighted by atomic mass is 16.2. The summed E-state index contributed by atoms with van der Waals surface area (Å²) >= 11 is 0. The zero-order chi connectivity index (χ0) is 16.4. The number of carbonyl (C=O) groups is 2. The van der Waals surface area contributed by atoms with E-state index >= 15 is 0 Å². The zero-order valence-corrected chi connectivity index (χ0v) is 13.9. The van der Waals surface area contributed by atoms with Gasteiger partial charge in [-0.3, -0.25) is 9.59 Å². The number of nitrogens with zero attached hydrogens (tertiary/aromatic N) is 2. The summed E-state index contributed by atoms with van der Waals surface area (Å²) in [5.41, 5.74) is 3.82. The van der Waals surface area contributed by atoms with E-state index < -0.39 is 0 Å². The third kappa shape index (κ3) is 3.46. The van der Waals surface area contributed by atoms with Gasteiger partial charge in [0, 0.05) is 39.0 Å². The molecule has 2 aliphatic rings. The fraction of sp³-hybridized carbons (Fsp3) is 0.474. The summed E-state index contributed by atoms with van der Waals surface area (Å²) in [6, 6.07) is 8.54. The molecule has 0 aliphatic carbocycles. The van der Waals surface area contributed by atoms with Crippen LogP contribution in [0.25, 0.3) is 5.57 Å². The Morgan fingerprint density at radius 2 is 1.91 bits per heavy atom. The monoisotopic (exact) mass is 312 g/mol. The lowest BCUT2D eigenvalue weighted by Crippen LogP contribution is -2.45. The molecule has 0 bridgehead atoms. The van der Waals surface area contributed by atoms with Crippen molar-refractivity contribution in [2.45, 2.75) is 26.2 Å². The number of aryl methyl sites for hydroxylation is 1. The van der Waals surface area contributed by atoms with Crippen LogP contribution in [0.15, 0.2) is 30.3 Å². The first-order chi connectivity index (χ1) is 11.0. The van der Waals surface area contributed by atoms with E-state index in [4.69, 9.17) is 0 Å². The van der Waals surface area contributed by atoms with Gasteiger partial charge in [-0.15, -0.1) is 0 Å². The third-order valence-electron chi connectivity index (χ3n) is 4.95. The molecule has 0 saturated carbocycles. The minimum atomic E-state index is -0.131. The molecule has 2 amide bonds. The lowest BCUT2D eigenvalue weighted by Gasteiger charge is -2.33. The van der Waals surface area contributed by atoms with E-state index in [9.17, 15) is 9.59 Å². The van der Waals surface area contributed by atoms with E-state index in [0.717, 1.165) is 19.4 Å². The predicted octanol–water partition coefficient (Wildman–Crippen LogP) is 2.48. The molecule has 1 saturated heterocycles. The van der Waals surface area contributed by atoms with Gasteiger partial charge in [0.2, 0.25) is 11.8 Å². The molecule has 1 aromatic rings. The third-order valence-corrected chi connectivity index (χ3v) is 4.95. The summed E-state index contributed by atoms with van der Waals surface area (Å²) < 4.78 is 0. The van der Waals surface area contributed by atoms with Crippen LogP contribution >= 0.6 is 0 Å². The first-order valence-electron chi connectivity index (χ1n) is 8.33. The van der Waals surface area contributed by atoms with Gasteiger partial charge in [0.05, 0.1) is 0 Å². The number of piperidine rings is 1. The van der Waals surface area contributed by atoms with Gasteiger partial charge in [-0.25, -0.2) is 0 Å². The molecule has 3 rings (SSSR count). The quantitative estimate of drug-likeness (QED) is 0.842. The molecular weight excluding hydrogens is 288 g/mol. The summed E-state index contributed by atoms with van der Waals surface area (Å²) in [7, 11) is 1.81. The van der Waals surface area contributed by atoms with Crippen molar-refractivity contribution in [1.82, 2.24) is 9.80 Å². The van der Waals surface area contributed by atoms with Crippen LogP contribution in [0.5, 0.6) is 0 Å². The minimum absolute atomic E-state index is 0.0856. The average Bonchev–Trinajstić information content (AvgIpc) is 2.57. The Bertz CT molecular complexity index is 633. The molecule has 1 aromatic carbocycles. The molecule has 4 heteroatoms. The SMILES string of the molecule is Cc1ccc(C2=CCN(C(=O)C3CCN(C)C(=O)C3)CC2)cc1. The Hall–Kier alpha value is -2.10. The van der Waals surface area contributed by atoms with Crippen molar-refractivity contribution in [3.63, 3.8) is 0 Å². The maximum atomic E-state index is 12.6. The Morgan fingerprint density at radius 3 is 2.52 bits per heavy atom. The van der Waals surface area contributed by atoms with Crippen molar-refractivity contribution in [1.29, 1.82) is 0 Å². The number of hydrogen-bond donors (Lipinski definition) is 0. The van der Waals surface area contributed by atoms with Crippen LogP contribution in [0.1, 0.15) is 30.4 Å². The van der Waals surface area contributed by atoms with Crippen molar-refractivity contribution in [2.75, 3.05) is 26.7 Å². The van der Waals surface area contributed by atoms with Crippen molar-refractivity contribution < 1.29 is 9.59 Å². The molecule has 1 unspecified atom stereocenters. The van der Waals surface area contributed by atoms with Crippen LogP contribution in [-0.4, -0.2) is 48.3 Å². The first-order valence-corrected chi connectivity index (χ1v) is 8.33. The van der Waals surface area contributed by atoms with E-state index in [-0.39, 0.29) is 17.7 Å². The number of benzene rings is 1. The van der Waals surface area contributed by atoms with Crippen molar-refractivity contribution in [2.24, 2.45) is 5.92 Å². The van der Waals surface area contributed by atoms with Gasteiger partial charge in [0.25, 0.3) is 0 Å². The Morgan fingerprint density at radius 1 is 1.17 bits per heavy atom. The average molecular weight is 312 g/mol. The van der Waals surface area contributed by atoms with E-state index in [1.54, 1.807) is 11.9 Å². The topological polar surface area (TPSA) is 40.6 Å². The van der Waals surface area contributed by atoms with Gasteiger partial charge in [-0.05, 0) is 30.9 Å². The van der Waals surface area contributed by atoms with Gasteiger partial charge in [0.1, 0.15) is 0 Å². The standard InChI is InChI=1S/C19H24N2O2/c1-14-3-5-15(6-4-14)16-8-11-21(12-9-16)19(23)17-7-10-20(2)18(22)13-17/h3-6,8,17H,7,9-13H2,1-2H3. The highest BCUT2D eigenvalue weighted by molar-refractivity contribution is 5.87. The van der Waals surface area contributed by atoms with Gasteiger partial charge < -0.3 is 9.80 Å².